The van der Waals surface area contributed by atoms with Crippen molar-refractivity contribution in [3.63, 3.8) is 0 Å². The topological polar surface area (TPSA) is 54.3 Å². The number of hydrogen-bond donors (Lipinski definition) is 0. The van der Waals surface area contributed by atoms with E-state index in [2.05, 4.69) is 52.0 Å². The van der Waals surface area contributed by atoms with Gasteiger partial charge < -0.3 is 9.47 Å². The Labute approximate surface area is 187 Å². The summed E-state index contributed by atoms with van der Waals surface area (Å²) in [7, 11) is 0. The molecule has 2 atom stereocenters. The molecule has 2 fully saturated rings. The average molecular weight is 436 g/mol. The van der Waals surface area contributed by atoms with Crippen LogP contribution in [0.4, 0.5) is 0 Å². The molecule has 0 saturated carbocycles. The summed E-state index contributed by atoms with van der Waals surface area (Å²) in [5.74, 6) is 0.407. The zero-order chi connectivity index (χ0) is 21.4. The van der Waals surface area contributed by atoms with Gasteiger partial charge >= 0.3 is 0 Å². The van der Waals surface area contributed by atoms with Gasteiger partial charge in [-0.3, -0.25) is 14.7 Å². The van der Waals surface area contributed by atoms with Crippen LogP contribution in [0.15, 0.2) is 54.6 Å². The molecule has 2 aliphatic heterocycles. The van der Waals surface area contributed by atoms with E-state index in [1.807, 2.05) is 23.4 Å². The van der Waals surface area contributed by atoms with Crippen LogP contribution in [0.5, 0.6) is 0 Å². The van der Waals surface area contributed by atoms with Gasteiger partial charge in [-0.2, -0.15) is 0 Å². The molecule has 0 unspecified atom stereocenters. The highest BCUT2D eigenvalue weighted by Gasteiger charge is 2.57. The standard InChI is InChI=1S/C24H29N5OS/c1-18(2)29-15-22(26-17-29)21-14-27(13-20-4-3-11-31-20)16-24(21)7-10-28(23(24)30)12-19-5-8-25-9-6-19/h3-6,8-9,11,15,17-18,21H,7,10,12-14,16H2,1-2H3/t21-,24-/m1/s1. The van der Waals surface area contributed by atoms with E-state index in [0.717, 1.165) is 43.9 Å². The van der Waals surface area contributed by atoms with Crippen LogP contribution >= 0.6 is 11.3 Å². The maximum atomic E-state index is 13.9. The van der Waals surface area contributed by atoms with Crippen molar-refractivity contribution in [2.45, 2.75) is 45.3 Å². The number of likely N-dealkylation sites (tertiary alicyclic amines) is 2. The van der Waals surface area contributed by atoms with E-state index in [0.29, 0.717) is 12.6 Å². The lowest BCUT2D eigenvalue weighted by Crippen LogP contribution is -2.39. The number of carbonyl (C=O) groups excluding carboxylic acids is 1. The molecule has 2 saturated heterocycles. The van der Waals surface area contributed by atoms with Crippen LogP contribution in [-0.4, -0.2) is 49.9 Å². The number of rotatable bonds is 6. The summed E-state index contributed by atoms with van der Waals surface area (Å²) in [5, 5.41) is 2.13. The second-order valence-electron chi connectivity index (χ2n) is 9.13. The molecule has 5 rings (SSSR count). The Morgan fingerprint density at radius 1 is 1.23 bits per heavy atom. The molecule has 3 aromatic rings. The molecule has 0 aliphatic carbocycles. The molecule has 0 bridgehead atoms. The lowest BCUT2D eigenvalue weighted by Gasteiger charge is -2.28. The minimum absolute atomic E-state index is 0.127. The molecule has 1 amide bonds. The third-order valence-electron chi connectivity index (χ3n) is 6.81. The molecular weight excluding hydrogens is 406 g/mol. The molecule has 5 heterocycles. The Bertz CT molecular complexity index is 1030. The van der Waals surface area contributed by atoms with Gasteiger partial charge in [0.1, 0.15) is 0 Å². The predicted octanol–water partition coefficient (Wildman–Crippen LogP) is 3.94. The van der Waals surface area contributed by atoms with Crippen molar-refractivity contribution < 1.29 is 4.79 Å². The van der Waals surface area contributed by atoms with Gasteiger partial charge in [-0.25, -0.2) is 4.98 Å². The second kappa shape index (κ2) is 8.20. The maximum absolute atomic E-state index is 13.9. The maximum Gasteiger partial charge on any atom is 0.231 e. The van der Waals surface area contributed by atoms with E-state index in [9.17, 15) is 4.79 Å². The van der Waals surface area contributed by atoms with Gasteiger partial charge in [0.2, 0.25) is 5.91 Å². The van der Waals surface area contributed by atoms with Gasteiger partial charge in [0, 0.05) is 68.2 Å². The fraction of sp³-hybridized carbons (Fsp3) is 0.458. The van der Waals surface area contributed by atoms with Gasteiger partial charge in [0.25, 0.3) is 0 Å². The minimum Gasteiger partial charge on any atom is -0.338 e. The van der Waals surface area contributed by atoms with E-state index < -0.39 is 0 Å². The zero-order valence-corrected chi connectivity index (χ0v) is 19.0. The lowest BCUT2D eigenvalue weighted by atomic mass is 9.75. The summed E-state index contributed by atoms with van der Waals surface area (Å²) >= 11 is 1.79. The van der Waals surface area contributed by atoms with E-state index >= 15 is 0 Å². The highest BCUT2D eigenvalue weighted by molar-refractivity contribution is 7.09. The number of nitrogens with zero attached hydrogens (tertiary/aromatic N) is 5. The normalized spacial score (nSPS) is 24.2. The molecule has 2 aliphatic rings. The summed E-state index contributed by atoms with van der Waals surface area (Å²) in [4.78, 5) is 28.6. The van der Waals surface area contributed by atoms with Crippen molar-refractivity contribution in [3.05, 3.63) is 70.7 Å². The molecule has 162 valence electrons. The van der Waals surface area contributed by atoms with Gasteiger partial charge in [-0.05, 0) is 49.4 Å². The van der Waals surface area contributed by atoms with Crippen molar-refractivity contribution in [2.24, 2.45) is 5.41 Å². The Hall–Kier alpha value is -2.51. The fourth-order valence-corrected chi connectivity index (χ4v) is 5.88. The first-order valence-electron chi connectivity index (χ1n) is 11.0. The molecule has 0 aromatic carbocycles. The molecule has 7 heteroatoms. The summed E-state index contributed by atoms with van der Waals surface area (Å²) < 4.78 is 2.15. The quantitative estimate of drug-likeness (QED) is 0.589. The van der Waals surface area contributed by atoms with Crippen molar-refractivity contribution in [3.8, 4) is 0 Å². The lowest BCUT2D eigenvalue weighted by molar-refractivity contribution is -0.136. The fourth-order valence-electron chi connectivity index (χ4n) is 5.13. The predicted molar refractivity (Wildman–Crippen MR) is 122 cm³/mol. The van der Waals surface area contributed by atoms with E-state index in [1.165, 1.54) is 4.88 Å². The van der Waals surface area contributed by atoms with Crippen LogP contribution in [0.3, 0.4) is 0 Å². The molecule has 6 nitrogen and oxygen atoms in total. The van der Waals surface area contributed by atoms with Crippen LogP contribution in [0.25, 0.3) is 0 Å². The molecule has 3 aromatic heterocycles. The Kier molecular flexibility index (Phi) is 5.40. The Morgan fingerprint density at radius 2 is 2.06 bits per heavy atom. The van der Waals surface area contributed by atoms with Crippen molar-refractivity contribution in [1.82, 2.24) is 24.3 Å². The molecular formula is C24H29N5OS. The van der Waals surface area contributed by atoms with Crippen molar-refractivity contribution >= 4 is 17.2 Å². The SMILES string of the molecule is CC(C)n1cnc([C@H]2CN(Cc3cccs3)C[C@]23CCN(Cc2ccncc2)C3=O)c1. The van der Waals surface area contributed by atoms with E-state index in [-0.39, 0.29) is 17.2 Å². The van der Waals surface area contributed by atoms with Crippen LogP contribution in [-0.2, 0) is 17.9 Å². The molecule has 1 spiro atoms. The number of aromatic nitrogens is 3. The molecule has 0 radical (unpaired) electrons. The Balaban J connectivity index is 1.43. The number of amides is 1. The third kappa shape index (κ3) is 3.81. The second-order valence-corrected chi connectivity index (χ2v) is 10.2. The Morgan fingerprint density at radius 3 is 2.77 bits per heavy atom. The number of pyridine rings is 1. The molecule has 31 heavy (non-hydrogen) atoms. The summed E-state index contributed by atoms with van der Waals surface area (Å²) in [6, 6.07) is 8.65. The van der Waals surface area contributed by atoms with Crippen molar-refractivity contribution in [1.29, 1.82) is 0 Å². The highest BCUT2D eigenvalue weighted by atomic mass is 32.1. The van der Waals surface area contributed by atoms with Gasteiger partial charge in [0.05, 0.1) is 17.4 Å². The highest BCUT2D eigenvalue weighted by Crippen LogP contribution is 2.50. The van der Waals surface area contributed by atoms with Crippen LogP contribution < -0.4 is 0 Å². The van der Waals surface area contributed by atoms with E-state index in [1.54, 1.807) is 23.7 Å². The first-order chi connectivity index (χ1) is 15.0. The van der Waals surface area contributed by atoms with Gasteiger partial charge in [-0.15, -0.1) is 11.3 Å². The monoisotopic (exact) mass is 435 g/mol. The third-order valence-corrected chi connectivity index (χ3v) is 7.67. The van der Waals surface area contributed by atoms with Crippen LogP contribution in [0.1, 0.15) is 48.4 Å². The van der Waals surface area contributed by atoms with Gasteiger partial charge in [0.15, 0.2) is 0 Å². The number of carbonyl (C=O) groups is 1. The number of hydrogen-bond acceptors (Lipinski definition) is 5. The number of imidazole rings is 1. The minimum atomic E-state index is -0.388. The smallest absolute Gasteiger partial charge is 0.231 e. The largest absolute Gasteiger partial charge is 0.338 e. The molecule has 0 N–H and O–H groups in total. The van der Waals surface area contributed by atoms with Crippen molar-refractivity contribution in [2.75, 3.05) is 19.6 Å². The van der Waals surface area contributed by atoms with E-state index in [4.69, 9.17) is 4.98 Å². The zero-order valence-electron chi connectivity index (χ0n) is 18.1. The van der Waals surface area contributed by atoms with Crippen LogP contribution in [0.2, 0.25) is 0 Å². The van der Waals surface area contributed by atoms with Crippen LogP contribution in [0, 0.1) is 5.41 Å². The summed E-state index contributed by atoms with van der Waals surface area (Å²) in [6.07, 6.45) is 8.56. The van der Waals surface area contributed by atoms with Gasteiger partial charge in [-0.1, -0.05) is 6.07 Å². The summed E-state index contributed by atoms with van der Waals surface area (Å²) in [5.41, 5.74) is 1.80. The number of thiophene rings is 1. The average Bonchev–Trinajstić information content (AvgIpc) is 3.55. The first-order valence-corrected chi connectivity index (χ1v) is 11.9. The summed E-state index contributed by atoms with van der Waals surface area (Å²) in [6.45, 7) is 8.36. The first kappa shape index (κ1) is 20.4.